The highest BCUT2D eigenvalue weighted by Gasteiger charge is 2.13. The number of halogens is 1. The topological polar surface area (TPSA) is 20.7 Å². The van der Waals surface area contributed by atoms with E-state index in [-0.39, 0.29) is 0 Å². The zero-order valence-electron chi connectivity index (χ0n) is 9.87. The number of benzene rings is 1. The van der Waals surface area contributed by atoms with Crippen LogP contribution in [-0.4, -0.2) is 21.6 Å². The second-order valence-corrected chi connectivity index (χ2v) is 6.19. The number of hydrogen-bond acceptors (Lipinski definition) is 2. The van der Waals surface area contributed by atoms with Crippen molar-refractivity contribution in [1.29, 1.82) is 0 Å². The Morgan fingerprint density at radius 3 is 2.94 bits per heavy atom. The summed E-state index contributed by atoms with van der Waals surface area (Å²) >= 11 is 10.8. The van der Waals surface area contributed by atoms with Gasteiger partial charge in [-0.25, -0.2) is 0 Å². The SMILES string of the molecule is CCC(CSC)n1c(=S)[nH]c2ccc(Br)cc21. The first-order chi connectivity index (χ1) is 8.17. The Morgan fingerprint density at radius 2 is 2.29 bits per heavy atom. The zero-order valence-corrected chi connectivity index (χ0v) is 13.1. The van der Waals surface area contributed by atoms with Crippen molar-refractivity contribution in [2.24, 2.45) is 0 Å². The molecule has 0 fully saturated rings. The highest BCUT2D eigenvalue weighted by atomic mass is 79.9. The molecule has 92 valence electrons. The summed E-state index contributed by atoms with van der Waals surface area (Å²) in [6, 6.07) is 6.69. The fourth-order valence-corrected chi connectivity index (χ4v) is 3.50. The fraction of sp³-hybridized carbons (Fsp3) is 0.417. The molecule has 2 rings (SSSR count). The lowest BCUT2D eigenvalue weighted by atomic mass is 10.2. The Balaban J connectivity index is 2.62. The molecule has 0 saturated heterocycles. The van der Waals surface area contributed by atoms with E-state index in [4.69, 9.17) is 12.2 Å². The number of nitrogens with one attached hydrogen (secondary N) is 1. The van der Waals surface area contributed by atoms with Gasteiger partial charge in [0, 0.05) is 16.3 Å². The average Bonchev–Trinajstić information content (AvgIpc) is 2.62. The van der Waals surface area contributed by atoms with Crippen LogP contribution in [0.3, 0.4) is 0 Å². The summed E-state index contributed by atoms with van der Waals surface area (Å²) in [5.41, 5.74) is 2.29. The van der Waals surface area contributed by atoms with E-state index in [1.54, 1.807) is 0 Å². The monoisotopic (exact) mass is 330 g/mol. The van der Waals surface area contributed by atoms with Crippen LogP contribution in [0.5, 0.6) is 0 Å². The van der Waals surface area contributed by atoms with E-state index in [2.05, 4.69) is 50.8 Å². The van der Waals surface area contributed by atoms with Crippen LogP contribution in [0.1, 0.15) is 19.4 Å². The van der Waals surface area contributed by atoms with E-state index in [0.717, 1.165) is 26.9 Å². The second kappa shape index (κ2) is 5.59. The van der Waals surface area contributed by atoms with E-state index in [1.807, 2.05) is 17.8 Å². The van der Waals surface area contributed by atoms with Crippen LogP contribution in [-0.2, 0) is 0 Å². The molecule has 0 aliphatic carbocycles. The number of aromatic amines is 1. The van der Waals surface area contributed by atoms with Gasteiger partial charge in [-0.15, -0.1) is 0 Å². The summed E-state index contributed by atoms with van der Waals surface area (Å²) in [7, 11) is 0. The number of hydrogen-bond donors (Lipinski definition) is 1. The van der Waals surface area contributed by atoms with Gasteiger partial charge >= 0.3 is 0 Å². The molecule has 0 aliphatic heterocycles. The van der Waals surface area contributed by atoms with Gasteiger partial charge in [0.25, 0.3) is 0 Å². The van der Waals surface area contributed by atoms with Crippen LogP contribution in [0.2, 0.25) is 0 Å². The van der Waals surface area contributed by atoms with E-state index in [1.165, 1.54) is 5.52 Å². The molecule has 0 bridgehead atoms. The Kier molecular flexibility index (Phi) is 4.33. The van der Waals surface area contributed by atoms with Gasteiger partial charge in [-0.05, 0) is 43.1 Å². The van der Waals surface area contributed by atoms with Crippen LogP contribution < -0.4 is 0 Å². The molecule has 1 unspecified atom stereocenters. The van der Waals surface area contributed by atoms with Crippen molar-refractivity contribution in [1.82, 2.24) is 9.55 Å². The smallest absolute Gasteiger partial charge is 0.178 e. The van der Waals surface area contributed by atoms with Crippen molar-refractivity contribution in [3.05, 3.63) is 27.4 Å². The second-order valence-electron chi connectivity index (χ2n) is 3.98. The number of imidazole rings is 1. The van der Waals surface area contributed by atoms with Gasteiger partial charge in [-0.1, -0.05) is 22.9 Å². The molecular formula is C12H15BrN2S2. The summed E-state index contributed by atoms with van der Waals surface area (Å²) in [6.45, 7) is 2.21. The molecule has 1 heterocycles. The Morgan fingerprint density at radius 1 is 1.53 bits per heavy atom. The molecule has 1 aromatic carbocycles. The van der Waals surface area contributed by atoms with Gasteiger partial charge in [-0.2, -0.15) is 11.8 Å². The van der Waals surface area contributed by atoms with Crippen LogP contribution in [0, 0.1) is 4.77 Å². The van der Waals surface area contributed by atoms with Gasteiger partial charge < -0.3 is 9.55 Å². The Bertz CT molecular complexity index is 573. The number of nitrogens with zero attached hydrogens (tertiary/aromatic N) is 1. The third-order valence-corrected chi connectivity index (χ3v) is 4.39. The molecule has 2 nitrogen and oxygen atoms in total. The minimum atomic E-state index is 0.459. The molecule has 2 aromatic rings. The molecule has 0 aliphatic rings. The molecule has 1 N–H and O–H groups in total. The Hall–Kier alpha value is -0.260. The van der Waals surface area contributed by atoms with Gasteiger partial charge in [-0.3, -0.25) is 0 Å². The van der Waals surface area contributed by atoms with E-state index in [0.29, 0.717) is 6.04 Å². The molecular weight excluding hydrogens is 316 g/mol. The maximum Gasteiger partial charge on any atom is 0.178 e. The summed E-state index contributed by atoms with van der Waals surface area (Å²) in [5, 5.41) is 0. The summed E-state index contributed by atoms with van der Waals surface area (Å²) < 4.78 is 4.15. The lowest BCUT2D eigenvalue weighted by Crippen LogP contribution is -2.10. The first kappa shape index (κ1) is 13.2. The highest BCUT2D eigenvalue weighted by Crippen LogP contribution is 2.26. The highest BCUT2D eigenvalue weighted by molar-refractivity contribution is 9.10. The van der Waals surface area contributed by atoms with Crippen LogP contribution in [0.25, 0.3) is 11.0 Å². The van der Waals surface area contributed by atoms with E-state index < -0.39 is 0 Å². The summed E-state index contributed by atoms with van der Waals surface area (Å²) in [5.74, 6) is 1.09. The maximum absolute atomic E-state index is 5.44. The third-order valence-electron chi connectivity index (χ3n) is 2.88. The third kappa shape index (κ3) is 2.61. The number of fused-ring (bicyclic) bond motifs is 1. The number of H-pyrrole nitrogens is 1. The van der Waals surface area contributed by atoms with E-state index in [9.17, 15) is 0 Å². The van der Waals surface area contributed by atoms with Gasteiger partial charge in [0.2, 0.25) is 0 Å². The lowest BCUT2D eigenvalue weighted by molar-refractivity contribution is 0.547. The molecule has 1 atom stereocenters. The largest absolute Gasteiger partial charge is 0.331 e. The first-order valence-corrected chi connectivity index (χ1v) is 8.15. The summed E-state index contributed by atoms with van der Waals surface area (Å²) in [6.07, 6.45) is 3.23. The van der Waals surface area contributed by atoms with Crippen LogP contribution in [0.15, 0.2) is 22.7 Å². The van der Waals surface area contributed by atoms with E-state index >= 15 is 0 Å². The van der Waals surface area contributed by atoms with Gasteiger partial charge in [0.05, 0.1) is 11.0 Å². The fourth-order valence-electron chi connectivity index (χ4n) is 2.02. The number of rotatable bonds is 4. The van der Waals surface area contributed by atoms with Crippen molar-refractivity contribution in [3.63, 3.8) is 0 Å². The summed E-state index contributed by atoms with van der Waals surface area (Å²) in [4.78, 5) is 3.28. The van der Waals surface area contributed by atoms with Crippen molar-refractivity contribution in [2.75, 3.05) is 12.0 Å². The zero-order chi connectivity index (χ0) is 12.4. The number of aromatic nitrogens is 2. The van der Waals surface area contributed by atoms with Crippen LogP contribution >= 0.6 is 39.9 Å². The lowest BCUT2D eigenvalue weighted by Gasteiger charge is -2.16. The predicted octanol–water partition coefficient (Wildman–Crippen LogP) is 4.78. The normalized spacial score (nSPS) is 13.1. The van der Waals surface area contributed by atoms with Crippen molar-refractivity contribution < 1.29 is 0 Å². The van der Waals surface area contributed by atoms with Crippen molar-refractivity contribution in [3.8, 4) is 0 Å². The standard InChI is InChI=1S/C12H15BrN2S2/c1-3-9(7-17-2)15-11-6-8(13)4-5-10(11)14-12(15)16/h4-6,9H,3,7H2,1-2H3,(H,14,16). The van der Waals surface area contributed by atoms with Crippen molar-refractivity contribution >= 4 is 50.9 Å². The molecule has 17 heavy (non-hydrogen) atoms. The minimum Gasteiger partial charge on any atom is -0.331 e. The first-order valence-electron chi connectivity index (χ1n) is 5.56. The van der Waals surface area contributed by atoms with Gasteiger partial charge in [0.1, 0.15) is 0 Å². The molecule has 0 radical (unpaired) electrons. The average molecular weight is 331 g/mol. The van der Waals surface area contributed by atoms with Crippen LogP contribution in [0.4, 0.5) is 0 Å². The molecule has 0 spiro atoms. The molecule has 1 aromatic heterocycles. The molecule has 0 amide bonds. The molecule has 0 saturated carbocycles. The minimum absolute atomic E-state index is 0.459. The van der Waals surface area contributed by atoms with Gasteiger partial charge in [0.15, 0.2) is 4.77 Å². The Labute approximate surface area is 119 Å². The predicted molar refractivity (Wildman–Crippen MR) is 82.5 cm³/mol. The van der Waals surface area contributed by atoms with Crippen molar-refractivity contribution in [2.45, 2.75) is 19.4 Å². The number of thioether (sulfide) groups is 1. The quantitative estimate of drug-likeness (QED) is 0.814. The maximum atomic E-state index is 5.44. The molecule has 5 heteroatoms.